The van der Waals surface area contributed by atoms with Gasteiger partial charge in [0, 0.05) is 30.8 Å². The summed E-state index contributed by atoms with van der Waals surface area (Å²) >= 11 is 0. The number of para-hydroxylation sites is 1. The molecule has 2 aromatic rings. The molecule has 0 bridgehead atoms. The van der Waals surface area contributed by atoms with E-state index in [0.717, 1.165) is 0 Å². The quantitative estimate of drug-likeness (QED) is 0.628. The predicted molar refractivity (Wildman–Crippen MR) is 72.3 cm³/mol. The average Bonchev–Trinajstić information content (AvgIpc) is 2.64. The molecule has 0 aliphatic carbocycles. The minimum absolute atomic E-state index is 0.555. The molecule has 0 unspecified atom stereocenters. The molecule has 0 spiro atoms. The Hall–Kier alpha value is -1.36. The molecule has 1 N–H and O–H groups in total. The van der Waals surface area contributed by atoms with Crippen LogP contribution in [0.3, 0.4) is 0 Å². The van der Waals surface area contributed by atoms with Crippen molar-refractivity contribution in [3.63, 3.8) is 0 Å². The lowest BCUT2D eigenvalue weighted by molar-refractivity contribution is 0.00265. The Morgan fingerprint density at radius 3 is 2.72 bits per heavy atom. The predicted octanol–water partition coefficient (Wildman–Crippen LogP) is 2.15. The number of ether oxygens (including phenoxy) is 1. The fourth-order valence-electron chi connectivity index (χ4n) is 2.20. The van der Waals surface area contributed by atoms with E-state index in [2.05, 4.69) is 48.3 Å². The number of benzene rings is 1. The highest BCUT2D eigenvalue weighted by molar-refractivity contribution is 5.85. The van der Waals surface area contributed by atoms with E-state index in [4.69, 9.17) is 9.57 Å². The number of aryl methyl sites for hydroxylation is 2. The van der Waals surface area contributed by atoms with E-state index in [1.54, 1.807) is 7.11 Å². The first-order valence-corrected chi connectivity index (χ1v) is 6.12. The average molecular weight is 248 g/mol. The molecule has 0 fully saturated rings. The van der Waals surface area contributed by atoms with Gasteiger partial charge in [-0.15, -0.1) is 0 Å². The van der Waals surface area contributed by atoms with Gasteiger partial charge in [-0.3, -0.25) is 4.84 Å². The van der Waals surface area contributed by atoms with E-state index in [-0.39, 0.29) is 0 Å². The van der Waals surface area contributed by atoms with Crippen LogP contribution in [0.5, 0.6) is 0 Å². The molecule has 98 valence electrons. The summed E-state index contributed by atoms with van der Waals surface area (Å²) in [5.74, 6) is 0. The Bertz CT molecular complexity index is 481. The molecule has 0 saturated heterocycles. The zero-order chi connectivity index (χ0) is 13.0. The van der Waals surface area contributed by atoms with Gasteiger partial charge in [0.1, 0.15) is 0 Å². The van der Waals surface area contributed by atoms with Gasteiger partial charge in [-0.25, -0.2) is 0 Å². The van der Waals surface area contributed by atoms with Crippen LogP contribution < -0.4 is 5.48 Å². The second-order valence-electron chi connectivity index (χ2n) is 4.31. The van der Waals surface area contributed by atoms with E-state index in [0.29, 0.717) is 19.8 Å². The standard InChI is InChI=1S/C14H20N2O2/c1-11-12-6-4-5-7-13(12)16(2)14(11)10-15-18-9-8-17-3/h4-7,15H,8-10H2,1-3H3. The highest BCUT2D eigenvalue weighted by Crippen LogP contribution is 2.24. The third kappa shape index (κ3) is 2.56. The molecule has 2 rings (SSSR count). The van der Waals surface area contributed by atoms with E-state index in [9.17, 15) is 0 Å². The maximum atomic E-state index is 5.30. The molecule has 4 nitrogen and oxygen atoms in total. The van der Waals surface area contributed by atoms with Crippen LogP contribution in [0.15, 0.2) is 24.3 Å². The molecule has 1 heterocycles. The smallest absolute Gasteiger partial charge is 0.0916 e. The van der Waals surface area contributed by atoms with Crippen molar-refractivity contribution in [2.45, 2.75) is 13.5 Å². The van der Waals surface area contributed by atoms with Crippen LogP contribution in [-0.2, 0) is 23.2 Å². The first-order valence-electron chi connectivity index (χ1n) is 6.12. The number of rotatable bonds is 6. The summed E-state index contributed by atoms with van der Waals surface area (Å²) in [6.07, 6.45) is 0. The molecule has 4 heteroatoms. The summed E-state index contributed by atoms with van der Waals surface area (Å²) in [4.78, 5) is 5.30. The summed E-state index contributed by atoms with van der Waals surface area (Å²) in [5, 5.41) is 1.30. The molecule has 1 aromatic carbocycles. The van der Waals surface area contributed by atoms with Crippen molar-refractivity contribution >= 4 is 10.9 Å². The van der Waals surface area contributed by atoms with Crippen molar-refractivity contribution in [2.75, 3.05) is 20.3 Å². The number of aromatic nitrogens is 1. The van der Waals surface area contributed by atoms with Crippen molar-refractivity contribution in [1.82, 2.24) is 10.0 Å². The van der Waals surface area contributed by atoms with Crippen LogP contribution >= 0.6 is 0 Å². The number of hydroxylamine groups is 1. The van der Waals surface area contributed by atoms with E-state index < -0.39 is 0 Å². The molecule has 0 saturated carbocycles. The number of hydrogen-bond donors (Lipinski definition) is 1. The van der Waals surface area contributed by atoms with Crippen LogP contribution in [0.25, 0.3) is 10.9 Å². The van der Waals surface area contributed by atoms with Crippen molar-refractivity contribution in [1.29, 1.82) is 0 Å². The number of methoxy groups -OCH3 is 1. The van der Waals surface area contributed by atoms with Gasteiger partial charge in [-0.05, 0) is 18.6 Å². The Balaban J connectivity index is 2.08. The second-order valence-corrected chi connectivity index (χ2v) is 4.31. The van der Waals surface area contributed by atoms with Crippen LogP contribution in [0.2, 0.25) is 0 Å². The molecule has 0 radical (unpaired) electrons. The molecular formula is C14H20N2O2. The maximum Gasteiger partial charge on any atom is 0.0916 e. The minimum Gasteiger partial charge on any atom is -0.382 e. The number of nitrogens with one attached hydrogen (secondary N) is 1. The largest absolute Gasteiger partial charge is 0.382 e. The Morgan fingerprint density at radius 2 is 2.00 bits per heavy atom. The van der Waals surface area contributed by atoms with Gasteiger partial charge in [0.25, 0.3) is 0 Å². The fourth-order valence-corrected chi connectivity index (χ4v) is 2.20. The lowest BCUT2D eigenvalue weighted by Gasteiger charge is -2.08. The number of hydrogen-bond acceptors (Lipinski definition) is 3. The summed E-state index contributed by atoms with van der Waals surface area (Å²) in [6, 6.07) is 8.42. The van der Waals surface area contributed by atoms with Gasteiger partial charge in [0.05, 0.1) is 19.8 Å². The molecule has 1 aromatic heterocycles. The summed E-state index contributed by atoms with van der Waals surface area (Å²) in [5.41, 5.74) is 6.78. The zero-order valence-corrected chi connectivity index (χ0v) is 11.2. The first-order chi connectivity index (χ1) is 8.75. The highest BCUT2D eigenvalue weighted by Gasteiger charge is 2.10. The minimum atomic E-state index is 0.555. The lowest BCUT2D eigenvalue weighted by Crippen LogP contribution is -2.19. The van der Waals surface area contributed by atoms with Gasteiger partial charge in [0.2, 0.25) is 0 Å². The van der Waals surface area contributed by atoms with Crippen LogP contribution in [-0.4, -0.2) is 24.9 Å². The number of nitrogens with zero attached hydrogens (tertiary/aromatic N) is 1. The lowest BCUT2D eigenvalue weighted by atomic mass is 10.1. The van der Waals surface area contributed by atoms with Gasteiger partial charge in [-0.1, -0.05) is 18.2 Å². The van der Waals surface area contributed by atoms with Crippen LogP contribution in [0.1, 0.15) is 11.3 Å². The van der Waals surface area contributed by atoms with Crippen LogP contribution in [0.4, 0.5) is 0 Å². The molecule has 0 aliphatic heterocycles. The normalized spacial score (nSPS) is 11.3. The summed E-state index contributed by atoms with van der Waals surface area (Å²) < 4.78 is 7.13. The summed E-state index contributed by atoms with van der Waals surface area (Å²) in [7, 11) is 3.75. The van der Waals surface area contributed by atoms with Gasteiger partial charge >= 0.3 is 0 Å². The highest BCUT2D eigenvalue weighted by atomic mass is 16.7. The van der Waals surface area contributed by atoms with Gasteiger partial charge in [0.15, 0.2) is 0 Å². The first kappa shape index (κ1) is 13.1. The van der Waals surface area contributed by atoms with Crippen LogP contribution in [0, 0.1) is 6.92 Å². The maximum absolute atomic E-state index is 5.30. The zero-order valence-electron chi connectivity index (χ0n) is 11.2. The molecular weight excluding hydrogens is 228 g/mol. The SMILES string of the molecule is COCCONCc1c(C)c2ccccc2n1C. The van der Waals surface area contributed by atoms with Gasteiger partial charge < -0.3 is 9.30 Å². The Kier molecular flexibility index (Phi) is 4.36. The fraction of sp³-hybridized carbons (Fsp3) is 0.429. The summed E-state index contributed by atoms with van der Waals surface area (Å²) in [6.45, 7) is 4.00. The molecule has 0 atom stereocenters. The topological polar surface area (TPSA) is 35.4 Å². The third-order valence-electron chi connectivity index (χ3n) is 3.24. The van der Waals surface area contributed by atoms with E-state index in [1.165, 1.54) is 22.2 Å². The molecule has 0 aliphatic rings. The number of fused-ring (bicyclic) bond motifs is 1. The third-order valence-corrected chi connectivity index (χ3v) is 3.24. The monoisotopic (exact) mass is 248 g/mol. The van der Waals surface area contributed by atoms with E-state index >= 15 is 0 Å². The second kappa shape index (κ2) is 6.00. The van der Waals surface area contributed by atoms with Crippen molar-refractivity contribution in [2.24, 2.45) is 7.05 Å². The van der Waals surface area contributed by atoms with Gasteiger partial charge in [-0.2, -0.15) is 5.48 Å². The van der Waals surface area contributed by atoms with Crippen molar-refractivity contribution in [3.05, 3.63) is 35.5 Å². The Morgan fingerprint density at radius 1 is 1.22 bits per heavy atom. The molecule has 0 amide bonds. The van der Waals surface area contributed by atoms with Crippen molar-refractivity contribution in [3.8, 4) is 0 Å². The van der Waals surface area contributed by atoms with E-state index in [1.807, 2.05) is 0 Å². The van der Waals surface area contributed by atoms with Crippen molar-refractivity contribution < 1.29 is 9.57 Å². The Labute approximate surface area is 107 Å². The molecule has 18 heavy (non-hydrogen) atoms.